The zero-order valence-corrected chi connectivity index (χ0v) is 17.0. The molecule has 146 valence electrons. The molecule has 0 spiro atoms. The zero-order valence-electron chi connectivity index (χ0n) is 16.2. The van der Waals surface area contributed by atoms with Crippen LogP contribution in [-0.2, 0) is 14.8 Å². The maximum atomic E-state index is 12.6. The second kappa shape index (κ2) is 9.01. The van der Waals surface area contributed by atoms with Crippen molar-refractivity contribution < 1.29 is 13.2 Å². The molecule has 1 unspecified atom stereocenters. The zero-order chi connectivity index (χ0) is 20.0. The maximum absolute atomic E-state index is 12.6. The highest BCUT2D eigenvalue weighted by Gasteiger charge is 2.22. The minimum Gasteiger partial charge on any atom is -0.289 e. The highest BCUT2D eigenvalue weighted by Crippen LogP contribution is 2.16. The Balaban J connectivity index is 1.90. The van der Waals surface area contributed by atoms with Gasteiger partial charge in [-0.3, -0.25) is 15.2 Å². The third kappa shape index (κ3) is 5.55. The van der Waals surface area contributed by atoms with Crippen LogP contribution in [0.2, 0.25) is 0 Å². The lowest BCUT2D eigenvalue weighted by Crippen LogP contribution is -2.43. The summed E-state index contributed by atoms with van der Waals surface area (Å²) in [5, 5.41) is 1.66. The Morgan fingerprint density at radius 2 is 1.63 bits per heavy atom. The summed E-state index contributed by atoms with van der Waals surface area (Å²) in [6.07, 6.45) is 0.427. The summed E-state index contributed by atoms with van der Waals surface area (Å²) in [6, 6.07) is 16.2. The fourth-order valence-corrected chi connectivity index (χ4v) is 3.69. The van der Waals surface area contributed by atoms with Gasteiger partial charge in [0.05, 0.1) is 10.6 Å². The van der Waals surface area contributed by atoms with Gasteiger partial charge in [-0.15, -0.1) is 0 Å². The van der Waals surface area contributed by atoms with Gasteiger partial charge in [0.25, 0.3) is 0 Å². The first-order valence-corrected chi connectivity index (χ1v) is 10.3. The minimum atomic E-state index is -3.55. The van der Waals surface area contributed by atoms with Gasteiger partial charge in [0, 0.05) is 26.6 Å². The van der Waals surface area contributed by atoms with Crippen LogP contribution in [0.25, 0.3) is 0 Å². The van der Waals surface area contributed by atoms with Crippen LogP contribution in [0.5, 0.6) is 0 Å². The number of hydrogen-bond acceptors (Lipinski definition) is 4. The summed E-state index contributed by atoms with van der Waals surface area (Å²) in [5.74, 6) is -0.477. The molecule has 2 aromatic rings. The molecule has 0 bridgehead atoms. The first kappa shape index (κ1) is 20.9. The summed E-state index contributed by atoms with van der Waals surface area (Å²) in [7, 11) is -0.243. The highest BCUT2D eigenvalue weighted by atomic mass is 32.2. The Kier molecular flexibility index (Phi) is 6.98. The van der Waals surface area contributed by atoms with Crippen molar-refractivity contribution in [3.8, 4) is 0 Å². The monoisotopic (exact) mass is 389 g/mol. The quantitative estimate of drug-likeness (QED) is 0.705. The average Bonchev–Trinajstić information content (AvgIpc) is 2.66. The van der Waals surface area contributed by atoms with Gasteiger partial charge in [-0.05, 0) is 37.6 Å². The Bertz CT molecular complexity index is 852. The van der Waals surface area contributed by atoms with Gasteiger partial charge in [-0.1, -0.05) is 42.8 Å². The lowest BCUT2D eigenvalue weighted by atomic mass is 10.1. The Labute approximate surface area is 161 Å². The topological polar surface area (TPSA) is 69.7 Å². The number of carbonyl (C=O) groups is 1. The Morgan fingerprint density at radius 1 is 1.04 bits per heavy atom. The molecule has 0 aliphatic rings. The first-order chi connectivity index (χ1) is 12.7. The Morgan fingerprint density at radius 3 is 2.22 bits per heavy atom. The Hall–Kier alpha value is -2.38. The van der Waals surface area contributed by atoms with E-state index in [4.69, 9.17) is 0 Å². The van der Waals surface area contributed by atoms with Crippen molar-refractivity contribution >= 4 is 21.6 Å². The molecule has 27 heavy (non-hydrogen) atoms. The molecule has 0 heterocycles. The number of nitrogens with one attached hydrogen (secondary N) is 1. The highest BCUT2D eigenvalue weighted by molar-refractivity contribution is 7.89. The van der Waals surface area contributed by atoms with Crippen molar-refractivity contribution in [2.75, 3.05) is 25.6 Å². The molecule has 0 saturated carbocycles. The van der Waals surface area contributed by atoms with Crippen molar-refractivity contribution in [2.24, 2.45) is 5.92 Å². The molecule has 2 rings (SSSR count). The van der Waals surface area contributed by atoms with E-state index in [1.54, 1.807) is 43.2 Å². The van der Waals surface area contributed by atoms with E-state index in [9.17, 15) is 13.2 Å². The van der Waals surface area contributed by atoms with Crippen molar-refractivity contribution in [3.05, 3.63) is 60.2 Å². The third-order valence-corrected chi connectivity index (χ3v) is 6.35. The average molecular weight is 390 g/mol. The van der Waals surface area contributed by atoms with E-state index < -0.39 is 10.0 Å². The second-order valence-electron chi connectivity index (χ2n) is 6.70. The van der Waals surface area contributed by atoms with E-state index >= 15 is 0 Å². The van der Waals surface area contributed by atoms with Crippen LogP contribution in [0.1, 0.15) is 18.9 Å². The molecule has 0 saturated heterocycles. The lowest BCUT2D eigenvalue weighted by Gasteiger charge is -2.23. The molecule has 1 atom stereocenters. The molecule has 7 heteroatoms. The van der Waals surface area contributed by atoms with E-state index in [1.165, 1.54) is 11.4 Å². The van der Waals surface area contributed by atoms with Crippen LogP contribution in [0.3, 0.4) is 0 Å². The second-order valence-corrected chi connectivity index (χ2v) is 8.74. The summed E-state index contributed by atoms with van der Waals surface area (Å²) in [5.41, 5.74) is 4.70. The number of benzene rings is 2. The molecule has 0 aliphatic heterocycles. The van der Waals surface area contributed by atoms with Crippen molar-refractivity contribution in [1.29, 1.82) is 0 Å². The molecule has 1 N–H and O–H groups in total. The van der Waals surface area contributed by atoms with Gasteiger partial charge < -0.3 is 0 Å². The number of hydrogen-bond donors (Lipinski definition) is 1. The van der Waals surface area contributed by atoms with Gasteiger partial charge >= 0.3 is 0 Å². The number of amides is 1. The predicted octanol–water partition coefficient (Wildman–Crippen LogP) is 2.81. The van der Waals surface area contributed by atoms with Gasteiger partial charge in [-0.25, -0.2) is 12.7 Å². The largest absolute Gasteiger partial charge is 0.289 e. The van der Waals surface area contributed by atoms with Crippen LogP contribution in [0.15, 0.2) is 59.5 Å². The fraction of sp³-hybridized carbons (Fsp3) is 0.350. The van der Waals surface area contributed by atoms with Crippen LogP contribution in [0, 0.1) is 12.8 Å². The van der Waals surface area contributed by atoms with E-state index in [1.807, 2.05) is 37.3 Å². The SMILES string of the molecule is Cc1ccc(S(=O)(=O)N(C)CCC(C)C(=O)NN(C)c2ccccc2)cc1. The molecule has 0 aliphatic carbocycles. The van der Waals surface area contributed by atoms with Crippen molar-refractivity contribution in [2.45, 2.75) is 25.2 Å². The normalized spacial score (nSPS) is 12.6. The molecule has 6 nitrogen and oxygen atoms in total. The molecular formula is C20H27N3O3S. The smallest absolute Gasteiger partial charge is 0.242 e. The lowest BCUT2D eigenvalue weighted by molar-refractivity contribution is -0.124. The van der Waals surface area contributed by atoms with E-state index in [0.717, 1.165) is 11.3 Å². The fourth-order valence-electron chi connectivity index (χ4n) is 2.51. The summed E-state index contributed by atoms with van der Waals surface area (Å²) in [6.45, 7) is 3.97. The molecule has 1 amide bonds. The summed E-state index contributed by atoms with van der Waals surface area (Å²) in [4.78, 5) is 12.6. The van der Waals surface area contributed by atoms with Gasteiger partial charge in [0.1, 0.15) is 0 Å². The first-order valence-electron chi connectivity index (χ1n) is 8.84. The van der Waals surface area contributed by atoms with E-state index in [0.29, 0.717) is 6.42 Å². The van der Waals surface area contributed by atoms with Gasteiger partial charge in [0.15, 0.2) is 0 Å². The number of para-hydroxylation sites is 1. The van der Waals surface area contributed by atoms with Gasteiger partial charge in [-0.2, -0.15) is 0 Å². The third-order valence-electron chi connectivity index (χ3n) is 4.48. The predicted molar refractivity (Wildman–Crippen MR) is 108 cm³/mol. The minimum absolute atomic E-state index is 0.150. The van der Waals surface area contributed by atoms with Crippen LogP contribution < -0.4 is 10.4 Å². The molecular weight excluding hydrogens is 362 g/mol. The number of carbonyl (C=O) groups excluding carboxylic acids is 1. The van der Waals surface area contributed by atoms with E-state index in [-0.39, 0.29) is 23.3 Å². The summed E-state index contributed by atoms with van der Waals surface area (Å²) >= 11 is 0. The van der Waals surface area contributed by atoms with Crippen LogP contribution in [-0.4, -0.2) is 39.3 Å². The van der Waals surface area contributed by atoms with Crippen molar-refractivity contribution in [1.82, 2.24) is 9.73 Å². The molecule has 0 aromatic heterocycles. The number of aryl methyl sites for hydroxylation is 1. The van der Waals surface area contributed by atoms with Crippen LogP contribution in [0.4, 0.5) is 5.69 Å². The molecule has 0 fully saturated rings. The number of sulfonamides is 1. The van der Waals surface area contributed by atoms with Crippen molar-refractivity contribution in [3.63, 3.8) is 0 Å². The standard InChI is InChI=1S/C20H27N3O3S/c1-16-10-12-19(13-11-16)27(25,26)22(3)15-14-17(2)20(24)21-23(4)18-8-6-5-7-9-18/h5-13,17H,14-15H2,1-4H3,(H,21,24). The maximum Gasteiger partial charge on any atom is 0.242 e. The molecule has 0 radical (unpaired) electrons. The number of nitrogens with zero attached hydrogens (tertiary/aromatic N) is 2. The number of anilines is 1. The number of rotatable bonds is 8. The summed E-state index contributed by atoms with van der Waals surface area (Å²) < 4.78 is 26.5. The number of hydrazine groups is 1. The van der Waals surface area contributed by atoms with Crippen LogP contribution >= 0.6 is 0 Å². The van der Waals surface area contributed by atoms with E-state index in [2.05, 4.69) is 5.43 Å². The molecule has 2 aromatic carbocycles. The van der Waals surface area contributed by atoms with Gasteiger partial charge in [0.2, 0.25) is 15.9 Å².